The Bertz CT molecular complexity index is 1210. The number of H-pyrrole nitrogens is 1. The Morgan fingerprint density at radius 2 is 2.12 bits per heavy atom. The number of fused-ring (bicyclic) bond motifs is 3. The number of ether oxygens (including phenoxy) is 1. The molecule has 1 unspecified atom stereocenters. The van der Waals surface area contributed by atoms with Gasteiger partial charge in [-0.1, -0.05) is 0 Å². The number of aromatic nitrogens is 4. The van der Waals surface area contributed by atoms with Gasteiger partial charge in [0.05, 0.1) is 18.0 Å². The molecule has 3 N–H and O–H groups in total. The molecule has 10 nitrogen and oxygen atoms in total. The number of amides is 1. The quantitative estimate of drug-likeness (QED) is 0.465. The lowest BCUT2D eigenvalue weighted by Gasteiger charge is -2.48. The number of nitrogens with one attached hydrogen (secondary N) is 3. The maximum atomic E-state index is 12.7. The van der Waals surface area contributed by atoms with Crippen LogP contribution >= 0.6 is 0 Å². The zero-order valence-electron chi connectivity index (χ0n) is 19.1. The third kappa shape index (κ3) is 4.59. The molecule has 2 aliphatic heterocycles. The highest BCUT2D eigenvalue weighted by atomic mass is 16.6. The molecule has 2 saturated heterocycles. The predicted octanol–water partition coefficient (Wildman–Crippen LogP) is 4.25. The molecule has 0 radical (unpaired) electrons. The molecule has 0 aromatic carbocycles. The van der Waals surface area contributed by atoms with Crippen LogP contribution in [0.5, 0.6) is 0 Å². The lowest BCUT2D eigenvalue weighted by molar-refractivity contribution is 0.0206. The first-order chi connectivity index (χ1) is 16.6. The number of hydrogen-bond donors (Lipinski definition) is 3. The Labute approximate surface area is 197 Å². The molecule has 5 heterocycles. The second-order valence-electron chi connectivity index (χ2n) is 8.97. The predicted molar refractivity (Wildman–Crippen MR) is 128 cm³/mol. The summed E-state index contributed by atoms with van der Waals surface area (Å²) in [7, 11) is 0. The largest absolute Gasteiger partial charge is 0.448 e. The fourth-order valence-electron chi connectivity index (χ4n) is 5.11. The van der Waals surface area contributed by atoms with E-state index in [1.54, 1.807) is 6.20 Å². The van der Waals surface area contributed by atoms with E-state index >= 15 is 0 Å². The summed E-state index contributed by atoms with van der Waals surface area (Å²) in [5.74, 6) is 2.14. The van der Waals surface area contributed by atoms with E-state index in [9.17, 15) is 4.79 Å². The Morgan fingerprint density at radius 3 is 2.85 bits per heavy atom. The number of aromatic amines is 1. The van der Waals surface area contributed by atoms with Gasteiger partial charge < -0.3 is 20.3 Å². The maximum Gasteiger partial charge on any atom is 0.410 e. The van der Waals surface area contributed by atoms with Crippen LogP contribution in [-0.4, -0.2) is 55.9 Å². The van der Waals surface area contributed by atoms with E-state index in [4.69, 9.17) is 15.0 Å². The zero-order valence-corrected chi connectivity index (χ0v) is 19.1. The van der Waals surface area contributed by atoms with Crippen LogP contribution in [0.1, 0.15) is 44.2 Å². The Kier molecular flexibility index (Phi) is 6.16. The van der Waals surface area contributed by atoms with E-state index in [0.717, 1.165) is 54.5 Å². The molecule has 176 valence electrons. The molecule has 0 saturated carbocycles. The molecule has 2 fully saturated rings. The standard InChI is InChI=1S/C24H28N8O2/c1-15-11-22(31-30-15)28-21-14-20-19(7-3-9-26-20)23(29-21)27-16-12-17-5-2-6-18(13-16)32(17)24(33)34-10-4-8-25/h3,7,9,11,14,16-18H,2,4-6,10,12-13H2,1H3,(H3,27,28,29,30,31)/t16?,17-,18+. The van der Waals surface area contributed by atoms with Crippen LogP contribution in [-0.2, 0) is 4.74 Å². The summed E-state index contributed by atoms with van der Waals surface area (Å²) in [5.41, 5.74) is 1.80. The summed E-state index contributed by atoms with van der Waals surface area (Å²) >= 11 is 0. The minimum atomic E-state index is -0.295. The van der Waals surface area contributed by atoms with Crippen LogP contribution in [0.3, 0.4) is 0 Å². The Hall–Kier alpha value is -3.87. The van der Waals surface area contributed by atoms with Crippen LogP contribution in [0.2, 0.25) is 0 Å². The van der Waals surface area contributed by atoms with Crippen molar-refractivity contribution in [1.82, 2.24) is 25.1 Å². The Morgan fingerprint density at radius 1 is 1.29 bits per heavy atom. The first kappa shape index (κ1) is 21.9. The van der Waals surface area contributed by atoms with Crippen molar-refractivity contribution in [3.8, 4) is 6.07 Å². The monoisotopic (exact) mass is 460 g/mol. The fourth-order valence-corrected chi connectivity index (χ4v) is 5.11. The van der Waals surface area contributed by atoms with E-state index in [0.29, 0.717) is 11.6 Å². The SMILES string of the molecule is Cc1cc(Nc2cc3ncccc3c(NC3C[C@H]4CCC[C@@H](C3)N4C(=O)OCCC#N)n2)n[nH]1. The van der Waals surface area contributed by atoms with Gasteiger partial charge in [0, 0.05) is 47.5 Å². The lowest BCUT2D eigenvalue weighted by atomic mass is 9.82. The van der Waals surface area contributed by atoms with Gasteiger partial charge in [0.1, 0.15) is 18.2 Å². The van der Waals surface area contributed by atoms with Gasteiger partial charge in [0.25, 0.3) is 0 Å². The number of piperidine rings is 2. The van der Waals surface area contributed by atoms with Crippen molar-refractivity contribution in [3.05, 3.63) is 36.2 Å². The summed E-state index contributed by atoms with van der Waals surface area (Å²) in [4.78, 5) is 24.0. The number of carbonyl (C=O) groups is 1. The maximum absolute atomic E-state index is 12.7. The number of carbonyl (C=O) groups excluding carboxylic acids is 1. The third-order valence-corrected chi connectivity index (χ3v) is 6.53. The molecule has 3 aromatic rings. The van der Waals surface area contributed by atoms with Crippen LogP contribution in [0.25, 0.3) is 10.9 Å². The molecule has 5 rings (SSSR count). The van der Waals surface area contributed by atoms with Gasteiger partial charge in [0.2, 0.25) is 0 Å². The van der Waals surface area contributed by atoms with Gasteiger partial charge in [-0.25, -0.2) is 9.78 Å². The van der Waals surface area contributed by atoms with Crippen molar-refractivity contribution >= 4 is 34.4 Å². The van der Waals surface area contributed by atoms with Crippen LogP contribution in [0.4, 0.5) is 22.2 Å². The molecule has 0 aliphatic carbocycles. The van der Waals surface area contributed by atoms with Crippen molar-refractivity contribution in [2.45, 2.75) is 63.6 Å². The molecule has 34 heavy (non-hydrogen) atoms. The molecule has 0 spiro atoms. The second-order valence-corrected chi connectivity index (χ2v) is 8.97. The molecule has 3 aromatic heterocycles. The highest BCUT2D eigenvalue weighted by Gasteiger charge is 2.41. The molecule has 3 atom stereocenters. The average Bonchev–Trinajstić information content (AvgIpc) is 3.23. The smallest absolute Gasteiger partial charge is 0.410 e. The van der Waals surface area contributed by atoms with Gasteiger partial charge in [0.15, 0.2) is 5.82 Å². The van der Waals surface area contributed by atoms with Crippen LogP contribution in [0, 0.1) is 18.3 Å². The Balaban J connectivity index is 1.35. The van der Waals surface area contributed by atoms with Crippen molar-refractivity contribution in [2.75, 3.05) is 17.2 Å². The van der Waals surface area contributed by atoms with Crippen LogP contribution in [0.15, 0.2) is 30.5 Å². The molecule has 10 heteroatoms. The lowest BCUT2D eigenvalue weighted by Crippen LogP contribution is -2.57. The minimum absolute atomic E-state index is 0.123. The number of nitrogens with zero attached hydrogens (tertiary/aromatic N) is 5. The van der Waals surface area contributed by atoms with E-state index in [1.165, 1.54) is 0 Å². The number of rotatable bonds is 6. The van der Waals surface area contributed by atoms with E-state index in [1.807, 2.05) is 42.2 Å². The van der Waals surface area contributed by atoms with Gasteiger partial charge in [-0.2, -0.15) is 10.4 Å². The van der Waals surface area contributed by atoms with Crippen molar-refractivity contribution in [2.24, 2.45) is 0 Å². The van der Waals surface area contributed by atoms with E-state index in [2.05, 4.69) is 25.8 Å². The normalized spacial score (nSPS) is 21.6. The summed E-state index contributed by atoms with van der Waals surface area (Å²) in [6, 6.07) is 10.2. The molecule has 2 bridgehead atoms. The number of pyridine rings is 2. The van der Waals surface area contributed by atoms with Crippen LogP contribution < -0.4 is 10.6 Å². The molecule has 2 aliphatic rings. The molecular formula is C24H28N8O2. The fraction of sp³-hybridized carbons (Fsp3) is 0.458. The van der Waals surface area contributed by atoms with Gasteiger partial charge in [-0.3, -0.25) is 10.1 Å². The number of aryl methyl sites for hydroxylation is 1. The highest BCUT2D eigenvalue weighted by Crippen LogP contribution is 2.36. The topological polar surface area (TPSA) is 132 Å². The molecular weight excluding hydrogens is 432 g/mol. The summed E-state index contributed by atoms with van der Waals surface area (Å²) in [6.07, 6.45) is 6.36. The number of hydrogen-bond acceptors (Lipinski definition) is 8. The van der Waals surface area contributed by atoms with Gasteiger partial charge >= 0.3 is 6.09 Å². The minimum Gasteiger partial charge on any atom is -0.448 e. The average molecular weight is 461 g/mol. The van der Waals surface area contributed by atoms with Crippen molar-refractivity contribution < 1.29 is 9.53 Å². The second kappa shape index (κ2) is 9.55. The van der Waals surface area contributed by atoms with E-state index in [-0.39, 0.29) is 37.2 Å². The van der Waals surface area contributed by atoms with Gasteiger partial charge in [-0.05, 0) is 51.2 Å². The summed E-state index contributed by atoms with van der Waals surface area (Å²) in [5, 5.41) is 23.8. The van der Waals surface area contributed by atoms with Gasteiger partial charge in [-0.15, -0.1) is 0 Å². The summed E-state index contributed by atoms with van der Waals surface area (Å²) in [6.45, 7) is 2.09. The first-order valence-electron chi connectivity index (χ1n) is 11.7. The number of nitriles is 1. The van der Waals surface area contributed by atoms with E-state index < -0.39 is 0 Å². The first-order valence-corrected chi connectivity index (χ1v) is 11.7. The third-order valence-electron chi connectivity index (χ3n) is 6.53. The highest BCUT2D eigenvalue weighted by molar-refractivity contribution is 5.91. The zero-order chi connectivity index (χ0) is 23.5. The number of anilines is 3. The molecule has 1 amide bonds. The van der Waals surface area contributed by atoms with Crippen molar-refractivity contribution in [1.29, 1.82) is 5.26 Å². The van der Waals surface area contributed by atoms with Crippen molar-refractivity contribution in [3.63, 3.8) is 0 Å². The summed E-state index contributed by atoms with van der Waals surface area (Å²) < 4.78 is 5.35.